The summed E-state index contributed by atoms with van der Waals surface area (Å²) >= 11 is 1.14. The molecule has 1 aliphatic carbocycles. The Bertz CT molecular complexity index is 3370. The van der Waals surface area contributed by atoms with Crippen molar-refractivity contribution < 1.29 is 53.7 Å². The molecule has 0 spiro atoms. The second-order valence-corrected chi connectivity index (χ2v) is 21.8. The Morgan fingerprint density at radius 3 is 2.09 bits per heavy atom. The van der Waals surface area contributed by atoms with Crippen LogP contribution in [0.3, 0.4) is 0 Å². The minimum atomic E-state index is -1.53. The molecule has 86 heavy (non-hydrogen) atoms. The van der Waals surface area contributed by atoms with E-state index in [4.69, 9.17) is 11.5 Å². The number of amides is 8. The number of rotatable bonds is 29. The van der Waals surface area contributed by atoms with E-state index in [1.165, 1.54) is 6.92 Å². The number of aliphatic hydroxyl groups excluding tert-OH is 3. The predicted molar refractivity (Wildman–Crippen MR) is 315 cm³/mol. The third kappa shape index (κ3) is 18.5. The number of aryl methyl sites for hydroxylation is 1. The summed E-state index contributed by atoms with van der Waals surface area (Å²) in [6.45, 7) is 2.13. The fourth-order valence-corrected chi connectivity index (χ4v) is 10.2. The van der Waals surface area contributed by atoms with E-state index in [9.17, 15) is 63.3 Å². The topological polar surface area (TPSA) is 419 Å². The first-order valence-corrected chi connectivity index (χ1v) is 29.0. The number of primary amides is 1. The average molecular weight is 1210 g/mol. The zero-order valence-electron chi connectivity index (χ0n) is 47.2. The van der Waals surface area contributed by atoms with Gasteiger partial charge >= 0.3 is 11.7 Å². The van der Waals surface area contributed by atoms with E-state index < -0.39 is 95.2 Å². The third-order valence-corrected chi connectivity index (χ3v) is 15.3. The molecule has 7 rings (SSSR count). The lowest BCUT2D eigenvalue weighted by atomic mass is 9.92. The molecule has 29 heteroatoms. The fourth-order valence-electron chi connectivity index (χ4n) is 9.59. The lowest BCUT2D eigenvalue weighted by Gasteiger charge is -2.29. The first-order valence-electron chi connectivity index (χ1n) is 28.1. The maximum atomic E-state index is 14.2. The quantitative estimate of drug-likeness (QED) is 0.0200. The molecule has 0 radical (unpaired) electrons. The molecule has 0 bridgehead atoms. The van der Waals surface area contributed by atoms with E-state index in [1.807, 2.05) is 42.5 Å². The van der Waals surface area contributed by atoms with Gasteiger partial charge in [-0.15, -0.1) is 21.6 Å². The molecule has 0 saturated carbocycles. The number of carbonyl (C=O) groups is 8. The molecule has 0 fully saturated rings. The van der Waals surface area contributed by atoms with Crippen LogP contribution in [0.25, 0.3) is 10.8 Å². The Kier molecular flexibility index (Phi) is 23.9. The molecular formula is C57H73N15O13S. The second kappa shape index (κ2) is 31.6. The highest BCUT2D eigenvalue weighted by atomic mass is 32.1. The predicted octanol–water partition coefficient (Wildman–Crippen LogP) is -1.10. The summed E-state index contributed by atoms with van der Waals surface area (Å²) in [5, 5.41) is 44.2. The van der Waals surface area contributed by atoms with Gasteiger partial charge in [-0.2, -0.15) is 0 Å². The average Bonchev–Trinajstić information content (AvgIpc) is 2.58. The first kappa shape index (κ1) is 65.0. The van der Waals surface area contributed by atoms with Crippen LogP contribution >= 0.6 is 11.3 Å². The van der Waals surface area contributed by atoms with Gasteiger partial charge in [0.05, 0.1) is 23.1 Å². The van der Waals surface area contributed by atoms with Gasteiger partial charge in [0.1, 0.15) is 24.3 Å². The fraction of sp³-hybridized carbons (Fsp3) is 0.404. The number of aliphatic hydroxyl groups is 3. The number of benzene rings is 3. The molecule has 3 heterocycles. The van der Waals surface area contributed by atoms with E-state index in [-0.39, 0.29) is 87.1 Å². The smallest absolute Gasteiger partial charge is 0.345 e. The lowest BCUT2D eigenvalue weighted by molar-refractivity contribution is -0.132. The van der Waals surface area contributed by atoms with Crippen molar-refractivity contribution in [2.45, 2.75) is 127 Å². The molecule has 7 atom stereocenters. The number of H-pyrrole nitrogens is 1. The number of thiophene rings is 1. The van der Waals surface area contributed by atoms with Crippen LogP contribution in [0.1, 0.15) is 101 Å². The number of hydrazine groups is 5. The monoisotopic (exact) mass is 1210 g/mol. The van der Waals surface area contributed by atoms with E-state index in [0.29, 0.717) is 47.2 Å². The Morgan fingerprint density at radius 2 is 1.37 bits per heavy atom. The standard InChI is InChI=1S/C57H73N15O13S/c1-33-32-70(56(84)64-49(33)77)57(85)69-72(67-51(79)39-19-12-17-34-14-4-5-18-38(34)39)26-10-7-21-41(48(59)76)62-53(81)42(63-52(80)40(58)20-6-9-24-61-65-54(82)43-28-35-15-2-3-16-36(35)31-60-43)22-8-11-25-71(68-55(83)46-23-13-27-86-46)66-50(78)37-29-44(73)47(75)45(74)30-37/h2-5,12-19,23,27,29,32,40-45,47,60-61,73-75H,6-11,20-22,24-26,28,30-31,58H2,1H3,(H2,59,76)(H,62,81)(H,63,80)(H,65,82)(H,66,78)(H,67,79)(H,68,83)(H,69,85)(H,64,77,84)/t40-,41-,42-,43?,44?,45?,47?/m0/s1. The Balaban J connectivity index is 0.982. The highest BCUT2D eigenvalue weighted by Gasteiger charge is 2.33. The van der Waals surface area contributed by atoms with Gasteiger partial charge in [-0.3, -0.25) is 70.5 Å². The van der Waals surface area contributed by atoms with E-state index in [1.54, 1.807) is 41.8 Å². The summed E-state index contributed by atoms with van der Waals surface area (Å²) in [4.78, 5) is 135. The lowest BCUT2D eigenvalue weighted by Crippen LogP contribution is -2.56. The highest BCUT2D eigenvalue weighted by molar-refractivity contribution is 7.12. The normalized spacial score (nSPS) is 17.5. The number of nitrogens with one attached hydrogen (secondary N) is 10. The van der Waals surface area contributed by atoms with Crippen LogP contribution in [0.2, 0.25) is 0 Å². The van der Waals surface area contributed by atoms with Crippen molar-refractivity contribution in [3.8, 4) is 0 Å². The van der Waals surface area contributed by atoms with Crippen molar-refractivity contribution in [1.82, 2.24) is 68.3 Å². The Hall–Kier alpha value is -8.52. The summed E-state index contributed by atoms with van der Waals surface area (Å²) in [7, 11) is 0. The van der Waals surface area contributed by atoms with Gasteiger partial charge in [-0.25, -0.2) is 19.6 Å². The van der Waals surface area contributed by atoms with Gasteiger partial charge in [0.2, 0.25) is 17.7 Å². The SMILES string of the molecule is Cc1cn(C(=O)NN(CCCC[C@H](NC(=O)[C@H](CCCCN(NC(=O)C2=CC(O)C(O)C(O)C2)NC(=O)c2cccs2)NC(=O)[C@@H](N)CCCCNNC(=O)C2Cc3ccccc3CN2)C(N)=O)NC(=O)c2cccc3ccccc23)c(=O)[nH]c1=O. The van der Waals surface area contributed by atoms with E-state index in [2.05, 4.69) is 53.5 Å². The molecule has 8 amide bonds. The van der Waals surface area contributed by atoms with Crippen molar-refractivity contribution in [3.63, 3.8) is 0 Å². The zero-order valence-corrected chi connectivity index (χ0v) is 48.0. The number of hydrogen-bond acceptors (Lipinski definition) is 19. The summed E-state index contributed by atoms with van der Waals surface area (Å²) in [5.41, 5.74) is 28.9. The molecule has 28 nitrogen and oxygen atoms in total. The van der Waals surface area contributed by atoms with Crippen LogP contribution in [0.15, 0.2) is 112 Å². The molecular weight excluding hydrogens is 1130 g/mol. The molecule has 5 aromatic rings. The number of hydrogen-bond donors (Lipinski definition) is 15. The number of carbonyl (C=O) groups excluding carboxylic acids is 8. The number of fused-ring (bicyclic) bond motifs is 2. The van der Waals surface area contributed by atoms with Gasteiger partial charge in [0, 0.05) is 55.5 Å². The van der Waals surface area contributed by atoms with Gasteiger partial charge < -0.3 is 42.7 Å². The minimum absolute atomic E-state index is 0.0580. The maximum absolute atomic E-state index is 14.2. The van der Waals surface area contributed by atoms with Gasteiger partial charge in [-0.05, 0) is 110 Å². The maximum Gasteiger partial charge on any atom is 0.345 e. The largest absolute Gasteiger partial charge is 0.390 e. The number of nitrogens with two attached hydrogens (primary N) is 2. The van der Waals surface area contributed by atoms with Crippen molar-refractivity contribution in [2.24, 2.45) is 11.5 Å². The van der Waals surface area contributed by atoms with Crippen molar-refractivity contribution in [1.29, 1.82) is 0 Å². The number of unbranched alkanes of at least 4 members (excludes halogenated alkanes) is 3. The Morgan fingerprint density at radius 1 is 0.721 bits per heavy atom. The van der Waals surface area contributed by atoms with Gasteiger partial charge in [-0.1, -0.05) is 73.2 Å². The molecule has 17 N–H and O–H groups in total. The van der Waals surface area contributed by atoms with Crippen molar-refractivity contribution >= 4 is 69.5 Å². The van der Waals surface area contributed by atoms with Gasteiger partial charge in [0.15, 0.2) is 0 Å². The van der Waals surface area contributed by atoms with Crippen LogP contribution in [-0.2, 0) is 36.9 Å². The van der Waals surface area contributed by atoms with E-state index in [0.717, 1.165) is 50.4 Å². The van der Waals surface area contributed by atoms with Crippen LogP contribution in [0.5, 0.6) is 0 Å². The van der Waals surface area contributed by atoms with Crippen LogP contribution in [0, 0.1) is 6.92 Å². The molecule has 1 aliphatic heterocycles. The Labute approximate surface area is 497 Å². The molecule has 0 saturated heterocycles. The molecule has 3 aromatic carbocycles. The van der Waals surface area contributed by atoms with Gasteiger partial charge in [0.25, 0.3) is 29.2 Å². The highest BCUT2D eigenvalue weighted by Crippen LogP contribution is 2.22. The molecule has 460 valence electrons. The summed E-state index contributed by atoms with van der Waals surface area (Å²) in [5.74, 6) is -4.63. The second-order valence-electron chi connectivity index (χ2n) is 20.9. The van der Waals surface area contributed by atoms with Crippen LogP contribution < -0.4 is 71.2 Å². The summed E-state index contributed by atoms with van der Waals surface area (Å²) < 4.78 is 0.618. The first-order chi connectivity index (χ1) is 41.3. The molecule has 4 unspecified atom stereocenters. The number of aromatic nitrogens is 2. The van der Waals surface area contributed by atoms with Crippen molar-refractivity contribution in [3.05, 3.63) is 150 Å². The summed E-state index contributed by atoms with van der Waals surface area (Å²) in [6, 6.07) is 18.2. The van der Waals surface area contributed by atoms with Crippen LogP contribution in [-0.4, -0.2) is 145 Å². The third-order valence-electron chi connectivity index (χ3n) is 14.5. The molecule has 2 aliphatic rings. The van der Waals surface area contributed by atoms with Crippen molar-refractivity contribution in [2.75, 3.05) is 19.6 Å². The number of aromatic amines is 1. The number of nitrogens with zero attached hydrogens (tertiary/aromatic N) is 3. The molecule has 2 aromatic heterocycles. The minimum Gasteiger partial charge on any atom is -0.390 e. The zero-order chi connectivity index (χ0) is 61.9. The van der Waals surface area contributed by atoms with E-state index >= 15 is 0 Å². The summed E-state index contributed by atoms with van der Waals surface area (Å²) in [6.07, 6.45) is -0.510. The van der Waals surface area contributed by atoms with Crippen LogP contribution in [0.4, 0.5) is 4.79 Å².